The van der Waals surface area contributed by atoms with E-state index in [2.05, 4.69) is 4.74 Å². The fourth-order valence-electron chi connectivity index (χ4n) is 0.287. The van der Waals surface area contributed by atoms with Gasteiger partial charge in [-0.3, -0.25) is 0 Å². The summed E-state index contributed by atoms with van der Waals surface area (Å²) in [6.07, 6.45) is 1.74. The highest BCUT2D eigenvalue weighted by Crippen LogP contribution is 1.88. The van der Waals surface area contributed by atoms with Gasteiger partial charge in [0, 0.05) is 0 Å². The molecule has 0 heterocycles. The van der Waals surface area contributed by atoms with Crippen molar-refractivity contribution in [3.63, 3.8) is 0 Å². The fourth-order valence-corrected chi connectivity index (χ4v) is 0.287. The number of carbonyl (C=O) groups excluding carboxylic acids is 1. The summed E-state index contributed by atoms with van der Waals surface area (Å²) in [6, 6.07) is -0.662. The van der Waals surface area contributed by atoms with Crippen LogP contribution in [-0.4, -0.2) is 12.0 Å². The van der Waals surface area contributed by atoms with E-state index in [1.54, 1.807) is 6.92 Å². The minimum atomic E-state index is -0.667. The van der Waals surface area contributed by atoms with E-state index in [-0.39, 0.29) is 0 Å². The van der Waals surface area contributed by atoms with Crippen LogP contribution in [0.1, 0.15) is 13.3 Å². The molecule has 0 aliphatic heterocycles. The summed E-state index contributed by atoms with van der Waals surface area (Å²) >= 11 is 0. The lowest BCUT2D eigenvalue weighted by atomic mass is 10.2. The summed E-state index contributed by atoms with van der Waals surface area (Å²) in [6.45, 7) is 1.74. The van der Waals surface area contributed by atoms with Crippen LogP contribution >= 0.6 is 0 Å². The van der Waals surface area contributed by atoms with Crippen molar-refractivity contribution in [3.05, 3.63) is 0 Å². The Morgan fingerprint density at radius 1 is 2.00 bits per heavy atom. The molecule has 0 saturated carbocycles. The molecule has 0 aromatic carbocycles. The van der Waals surface area contributed by atoms with Crippen molar-refractivity contribution in [2.75, 3.05) is 0 Å². The Kier molecular flexibility index (Phi) is 3.40. The van der Waals surface area contributed by atoms with Crippen LogP contribution in [0.3, 0.4) is 0 Å². The lowest BCUT2D eigenvalue weighted by Crippen LogP contribution is -2.30. The summed E-state index contributed by atoms with van der Waals surface area (Å²) in [5, 5.41) is 7.83. The Balaban J connectivity index is 3.62. The molecular weight excluding hydrogens is 120 g/mol. The van der Waals surface area contributed by atoms with Gasteiger partial charge in [-0.25, -0.2) is 4.79 Å². The highest BCUT2D eigenvalue weighted by Gasteiger charge is 2.11. The van der Waals surface area contributed by atoms with Gasteiger partial charge in [-0.1, -0.05) is 6.92 Å². The standard InChI is InChI=1S/C5H8N2O2/c1-2-4(7)5(8)9-3-6/h4H,2,7H2,1H3. The number of ether oxygens (including phenoxy) is 1. The molecule has 0 aliphatic carbocycles. The van der Waals surface area contributed by atoms with Crippen LogP contribution in [0.2, 0.25) is 0 Å². The molecule has 0 saturated heterocycles. The molecule has 4 nitrogen and oxygen atoms in total. The molecule has 0 aliphatic rings. The summed E-state index contributed by atoms with van der Waals surface area (Å²) in [5.74, 6) is -0.667. The second-order valence-corrected chi connectivity index (χ2v) is 1.53. The maximum Gasteiger partial charge on any atom is 0.338 e. The Bertz CT molecular complexity index is 138. The summed E-state index contributed by atoms with van der Waals surface area (Å²) in [7, 11) is 0. The van der Waals surface area contributed by atoms with Gasteiger partial charge in [-0.05, 0) is 6.42 Å². The second-order valence-electron chi connectivity index (χ2n) is 1.53. The minimum Gasteiger partial charge on any atom is -0.350 e. The van der Waals surface area contributed by atoms with Gasteiger partial charge in [-0.2, -0.15) is 0 Å². The van der Waals surface area contributed by atoms with E-state index in [1.807, 2.05) is 0 Å². The number of nitrogens with zero attached hydrogens (tertiary/aromatic N) is 1. The normalized spacial score (nSPS) is 11.7. The lowest BCUT2D eigenvalue weighted by Gasteiger charge is -2.00. The van der Waals surface area contributed by atoms with Crippen LogP contribution in [0.4, 0.5) is 0 Å². The van der Waals surface area contributed by atoms with Crippen molar-refractivity contribution in [3.8, 4) is 6.26 Å². The van der Waals surface area contributed by atoms with Crippen LogP contribution in [-0.2, 0) is 9.53 Å². The predicted octanol–water partition coefficient (Wildman–Crippen LogP) is -0.252. The average molecular weight is 128 g/mol. The quantitative estimate of drug-likeness (QED) is 0.411. The van der Waals surface area contributed by atoms with Gasteiger partial charge in [0.2, 0.25) is 0 Å². The number of hydrogen-bond acceptors (Lipinski definition) is 4. The third kappa shape index (κ3) is 2.67. The second kappa shape index (κ2) is 3.87. The highest BCUT2D eigenvalue weighted by molar-refractivity contribution is 5.76. The minimum absolute atomic E-state index is 0.487. The number of carbonyl (C=O) groups is 1. The molecule has 0 spiro atoms. The van der Waals surface area contributed by atoms with E-state index in [1.165, 1.54) is 6.26 Å². The molecule has 1 atom stereocenters. The monoisotopic (exact) mass is 128 g/mol. The van der Waals surface area contributed by atoms with E-state index < -0.39 is 12.0 Å². The Hall–Kier alpha value is -1.08. The molecule has 50 valence electrons. The highest BCUT2D eigenvalue weighted by atomic mass is 16.5. The largest absolute Gasteiger partial charge is 0.350 e. The van der Waals surface area contributed by atoms with Crippen molar-refractivity contribution in [2.45, 2.75) is 19.4 Å². The maximum atomic E-state index is 10.4. The van der Waals surface area contributed by atoms with Crippen LogP contribution in [0.5, 0.6) is 0 Å². The van der Waals surface area contributed by atoms with Crippen LogP contribution in [0.25, 0.3) is 0 Å². The lowest BCUT2D eigenvalue weighted by molar-refractivity contribution is -0.138. The molecule has 0 fully saturated rings. The molecule has 2 N–H and O–H groups in total. The zero-order valence-electron chi connectivity index (χ0n) is 5.13. The van der Waals surface area contributed by atoms with Gasteiger partial charge >= 0.3 is 5.97 Å². The van der Waals surface area contributed by atoms with Crippen molar-refractivity contribution in [1.29, 1.82) is 5.26 Å². The van der Waals surface area contributed by atoms with Crippen molar-refractivity contribution in [1.82, 2.24) is 0 Å². The number of hydrogen-bond donors (Lipinski definition) is 1. The first-order valence-corrected chi connectivity index (χ1v) is 2.57. The Morgan fingerprint density at radius 2 is 2.56 bits per heavy atom. The maximum absolute atomic E-state index is 10.4. The van der Waals surface area contributed by atoms with Gasteiger partial charge in [-0.15, -0.1) is 5.26 Å². The van der Waals surface area contributed by atoms with Crippen molar-refractivity contribution in [2.24, 2.45) is 5.73 Å². The van der Waals surface area contributed by atoms with E-state index in [0.717, 1.165) is 0 Å². The van der Waals surface area contributed by atoms with E-state index in [9.17, 15) is 4.79 Å². The molecule has 0 amide bonds. The fraction of sp³-hybridized carbons (Fsp3) is 0.600. The van der Waals surface area contributed by atoms with Crippen molar-refractivity contribution < 1.29 is 9.53 Å². The van der Waals surface area contributed by atoms with Gasteiger partial charge < -0.3 is 10.5 Å². The first kappa shape index (κ1) is 7.92. The van der Waals surface area contributed by atoms with E-state index >= 15 is 0 Å². The Labute approximate surface area is 53.2 Å². The van der Waals surface area contributed by atoms with Crippen LogP contribution in [0, 0.1) is 11.5 Å². The molecule has 0 radical (unpaired) electrons. The molecular formula is C5H8N2O2. The third-order valence-corrected chi connectivity index (χ3v) is 0.889. The topological polar surface area (TPSA) is 76.1 Å². The van der Waals surface area contributed by atoms with E-state index in [4.69, 9.17) is 11.0 Å². The number of rotatable bonds is 2. The predicted molar refractivity (Wildman–Crippen MR) is 30.0 cm³/mol. The number of nitrogens with two attached hydrogens (primary N) is 1. The molecule has 0 bridgehead atoms. The third-order valence-electron chi connectivity index (χ3n) is 0.889. The first-order chi connectivity index (χ1) is 4.22. The van der Waals surface area contributed by atoms with E-state index in [0.29, 0.717) is 6.42 Å². The van der Waals surface area contributed by atoms with Crippen LogP contribution < -0.4 is 5.73 Å². The summed E-state index contributed by atoms with van der Waals surface area (Å²) < 4.78 is 3.94. The average Bonchev–Trinajstić information content (AvgIpc) is 1.87. The SMILES string of the molecule is CCC(N)C(=O)OC#N. The zero-order valence-corrected chi connectivity index (χ0v) is 5.13. The molecule has 0 aromatic rings. The van der Waals surface area contributed by atoms with Gasteiger partial charge in [0.25, 0.3) is 6.26 Å². The molecule has 9 heavy (non-hydrogen) atoms. The van der Waals surface area contributed by atoms with Gasteiger partial charge in [0.15, 0.2) is 0 Å². The number of nitriles is 1. The van der Waals surface area contributed by atoms with Gasteiger partial charge in [0.05, 0.1) is 0 Å². The first-order valence-electron chi connectivity index (χ1n) is 2.57. The molecule has 1 unspecified atom stereocenters. The molecule has 0 aromatic heterocycles. The van der Waals surface area contributed by atoms with Crippen molar-refractivity contribution >= 4 is 5.97 Å². The van der Waals surface area contributed by atoms with Gasteiger partial charge in [0.1, 0.15) is 6.04 Å². The molecule has 4 heteroatoms. The van der Waals surface area contributed by atoms with Crippen LogP contribution in [0.15, 0.2) is 0 Å². The smallest absolute Gasteiger partial charge is 0.338 e. The Morgan fingerprint density at radius 3 is 2.89 bits per heavy atom. The molecule has 0 rings (SSSR count). The number of esters is 1. The zero-order chi connectivity index (χ0) is 7.28. The summed E-state index contributed by atoms with van der Waals surface area (Å²) in [4.78, 5) is 10.4. The summed E-state index contributed by atoms with van der Waals surface area (Å²) in [5.41, 5.74) is 5.18.